The molecule has 2 rings (SSSR count). The molecule has 3 N–H and O–H groups in total. The highest BCUT2D eigenvalue weighted by Crippen LogP contribution is 2.34. The first kappa shape index (κ1) is 17.6. The largest absolute Gasteiger partial charge is 0.493 e. The van der Waals surface area contributed by atoms with Gasteiger partial charge in [0.2, 0.25) is 0 Å². The minimum Gasteiger partial charge on any atom is -0.493 e. The van der Waals surface area contributed by atoms with E-state index in [0.29, 0.717) is 17.1 Å². The first-order chi connectivity index (χ1) is 11.5. The van der Waals surface area contributed by atoms with E-state index >= 15 is 0 Å². The molecule has 1 aliphatic carbocycles. The molecule has 128 valence electrons. The second kappa shape index (κ2) is 8.20. The van der Waals surface area contributed by atoms with Gasteiger partial charge in [0.05, 0.1) is 25.2 Å². The molecule has 0 bridgehead atoms. The third kappa shape index (κ3) is 4.38. The van der Waals surface area contributed by atoms with E-state index < -0.39 is 17.7 Å². The molecule has 1 aromatic rings. The van der Waals surface area contributed by atoms with Gasteiger partial charge in [-0.2, -0.15) is 5.26 Å². The van der Waals surface area contributed by atoms with Crippen LogP contribution in [0.5, 0.6) is 11.5 Å². The molecule has 7 heteroatoms. The van der Waals surface area contributed by atoms with Crippen LogP contribution in [0.25, 0.3) is 0 Å². The van der Waals surface area contributed by atoms with E-state index in [2.05, 4.69) is 11.4 Å². The van der Waals surface area contributed by atoms with Crippen molar-refractivity contribution >= 4 is 11.8 Å². The molecule has 0 spiro atoms. The van der Waals surface area contributed by atoms with Crippen molar-refractivity contribution in [2.24, 2.45) is 5.73 Å². The van der Waals surface area contributed by atoms with Crippen molar-refractivity contribution in [1.29, 1.82) is 5.26 Å². The van der Waals surface area contributed by atoms with Gasteiger partial charge in [-0.3, -0.25) is 9.59 Å². The van der Waals surface area contributed by atoms with Gasteiger partial charge in [-0.05, 0) is 43.4 Å². The van der Waals surface area contributed by atoms with Crippen molar-refractivity contribution in [3.05, 3.63) is 23.8 Å². The maximum absolute atomic E-state index is 11.3. The first-order valence-electron chi connectivity index (χ1n) is 7.87. The van der Waals surface area contributed by atoms with Crippen LogP contribution in [0.1, 0.15) is 37.2 Å². The van der Waals surface area contributed by atoms with Crippen molar-refractivity contribution in [2.75, 3.05) is 13.7 Å². The lowest BCUT2D eigenvalue weighted by Gasteiger charge is -2.18. The fourth-order valence-electron chi connectivity index (χ4n) is 2.71. The Morgan fingerprint density at radius 2 is 2.08 bits per heavy atom. The topological polar surface area (TPSA) is 114 Å². The number of hydrogen-bond acceptors (Lipinski definition) is 5. The van der Waals surface area contributed by atoms with Gasteiger partial charge in [-0.15, -0.1) is 0 Å². The van der Waals surface area contributed by atoms with Gasteiger partial charge < -0.3 is 20.5 Å². The minimum atomic E-state index is -1.08. The number of nitrogens with zero attached hydrogens (tertiary/aromatic N) is 1. The van der Waals surface area contributed by atoms with Gasteiger partial charge in [-0.25, -0.2) is 0 Å². The highest BCUT2D eigenvalue weighted by Gasteiger charge is 2.21. The third-order valence-electron chi connectivity index (χ3n) is 4.03. The lowest BCUT2D eigenvalue weighted by atomic mass is 10.00. The Balaban J connectivity index is 2.14. The van der Waals surface area contributed by atoms with Gasteiger partial charge in [0.25, 0.3) is 0 Å². The maximum Gasteiger partial charge on any atom is 0.309 e. The lowest BCUT2D eigenvalue weighted by molar-refractivity contribution is -0.137. The molecule has 0 aliphatic heterocycles. The standard InChI is InChI=1S/C17H21N3O4/c1-23-14-7-6-11(8-15(14)24-13-4-2-3-5-13)12(9-18)10-20-17(22)16(19)21/h6-8,12-13H,2-5,10H2,1H3,(H2,19,21)(H,20,22). The average molecular weight is 331 g/mol. The van der Waals surface area contributed by atoms with Gasteiger partial charge in [-0.1, -0.05) is 6.07 Å². The number of carbonyl (C=O) groups excluding carboxylic acids is 2. The smallest absolute Gasteiger partial charge is 0.309 e. The Kier molecular flexibility index (Phi) is 6.01. The van der Waals surface area contributed by atoms with Crippen LogP contribution >= 0.6 is 0 Å². The summed E-state index contributed by atoms with van der Waals surface area (Å²) in [6.07, 6.45) is 4.46. The summed E-state index contributed by atoms with van der Waals surface area (Å²) in [5.74, 6) is -1.42. The van der Waals surface area contributed by atoms with Crippen LogP contribution in [0.2, 0.25) is 0 Å². The van der Waals surface area contributed by atoms with Gasteiger partial charge in [0.15, 0.2) is 11.5 Å². The number of nitriles is 1. The number of amides is 2. The van der Waals surface area contributed by atoms with Crippen LogP contribution in [0.4, 0.5) is 0 Å². The number of carbonyl (C=O) groups is 2. The predicted molar refractivity (Wildman–Crippen MR) is 86.4 cm³/mol. The molecule has 0 radical (unpaired) electrons. The molecule has 0 saturated heterocycles. The Hall–Kier alpha value is -2.75. The summed E-state index contributed by atoms with van der Waals surface area (Å²) in [5.41, 5.74) is 5.56. The zero-order chi connectivity index (χ0) is 17.5. The summed E-state index contributed by atoms with van der Waals surface area (Å²) in [5, 5.41) is 11.7. The fraction of sp³-hybridized carbons (Fsp3) is 0.471. The van der Waals surface area contributed by atoms with Gasteiger partial charge in [0.1, 0.15) is 0 Å². The molecule has 1 fully saturated rings. The van der Waals surface area contributed by atoms with E-state index in [1.807, 2.05) is 0 Å². The minimum absolute atomic E-state index is 0.00648. The molecule has 1 saturated carbocycles. The summed E-state index contributed by atoms with van der Waals surface area (Å²) in [6.45, 7) is -0.00648. The van der Waals surface area contributed by atoms with Crippen LogP contribution in [0.15, 0.2) is 18.2 Å². The van der Waals surface area contributed by atoms with Crippen molar-refractivity contribution in [3.63, 3.8) is 0 Å². The second-order valence-electron chi connectivity index (χ2n) is 5.69. The molecular weight excluding hydrogens is 310 g/mol. The second-order valence-corrected chi connectivity index (χ2v) is 5.69. The molecule has 0 aromatic heterocycles. The Labute approximate surface area is 140 Å². The van der Waals surface area contributed by atoms with Gasteiger partial charge >= 0.3 is 11.8 Å². The molecule has 7 nitrogen and oxygen atoms in total. The number of methoxy groups -OCH3 is 1. The third-order valence-corrected chi connectivity index (χ3v) is 4.03. The quantitative estimate of drug-likeness (QED) is 0.761. The summed E-state index contributed by atoms with van der Waals surface area (Å²) in [6, 6.07) is 7.34. The van der Waals surface area contributed by atoms with Crippen molar-refractivity contribution < 1.29 is 19.1 Å². The number of benzene rings is 1. The number of hydrogen-bond donors (Lipinski definition) is 2. The van der Waals surface area contributed by atoms with Crippen LogP contribution in [0.3, 0.4) is 0 Å². The molecule has 1 aliphatic rings. The Morgan fingerprint density at radius 1 is 1.38 bits per heavy atom. The lowest BCUT2D eigenvalue weighted by Crippen LogP contribution is -2.38. The maximum atomic E-state index is 11.3. The summed E-state index contributed by atoms with van der Waals surface area (Å²) in [4.78, 5) is 22.0. The van der Waals surface area contributed by atoms with E-state index in [1.165, 1.54) is 0 Å². The number of primary amides is 1. The number of nitrogens with one attached hydrogen (secondary N) is 1. The van der Waals surface area contributed by atoms with Crippen LogP contribution in [-0.2, 0) is 9.59 Å². The Morgan fingerprint density at radius 3 is 2.67 bits per heavy atom. The fourth-order valence-corrected chi connectivity index (χ4v) is 2.71. The number of ether oxygens (including phenoxy) is 2. The number of rotatable bonds is 6. The summed E-state index contributed by atoms with van der Waals surface area (Å²) in [7, 11) is 1.56. The average Bonchev–Trinajstić information content (AvgIpc) is 3.08. The predicted octanol–water partition coefficient (Wildman–Crippen LogP) is 1.23. The molecule has 1 atom stereocenters. The van der Waals surface area contributed by atoms with Crippen LogP contribution < -0.4 is 20.5 Å². The highest BCUT2D eigenvalue weighted by atomic mass is 16.5. The van der Waals surface area contributed by atoms with Crippen LogP contribution in [-0.4, -0.2) is 31.6 Å². The molecule has 0 heterocycles. The van der Waals surface area contributed by atoms with E-state index in [0.717, 1.165) is 25.7 Å². The number of nitrogens with two attached hydrogens (primary N) is 1. The van der Waals surface area contributed by atoms with Crippen molar-refractivity contribution in [1.82, 2.24) is 5.32 Å². The highest BCUT2D eigenvalue weighted by molar-refractivity contribution is 6.34. The van der Waals surface area contributed by atoms with Gasteiger partial charge in [0, 0.05) is 6.54 Å². The molecule has 24 heavy (non-hydrogen) atoms. The van der Waals surface area contributed by atoms with E-state index in [1.54, 1.807) is 25.3 Å². The normalized spacial score (nSPS) is 15.3. The zero-order valence-corrected chi connectivity index (χ0v) is 13.6. The molecule has 2 amide bonds. The summed E-state index contributed by atoms with van der Waals surface area (Å²) >= 11 is 0. The first-order valence-corrected chi connectivity index (χ1v) is 7.87. The van der Waals surface area contributed by atoms with Crippen LogP contribution in [0, 0.1) is 11.3 Å². The Bertz CT molecular complexity index is 648. The molecule has 1 unspecified atom stereocenters. The molecule has 1 aromatic carbocycles. The van der Waals surface area contributed by atoms with Crippen molar-refractivity contribution in [2.45, 2.75) is 37.7 Å². The molecular formula is C17H21N3O4. The summed E-state index contributed by atoms with van der Waals surface area (Å²) < 4.78 is 11.3. The van der Waals surface area contributed by atoms with E-state index in [4.69, 9.17) is 15.2 Å². The van der Waals surface area contributed by atoms with E-state index in [-0.39, 0.29) is 12.6 Å². The zero-order valence-electron chi connectivity index (χ0n) is 13.6. The monoisotopic (exact) mass is 331 g/mol. The SMILES string of the molecule is COc1ccc(C(C#N)CNC(=O)C(N)=O)cc1OC1CCCC1. The van der Waals surface area contributed by atoms with E-state index in [9.17, 15) is 14.9 Å². The van der Waals surface area contributed by atoms with Crippen molar-refractivity contribution in [3.8, 4) is 17.6 Å².